The predicted octanol–water partition coefficient (Wildman–Crippen LogP) is 2.51. The van der Waals surface area contributed by atoms with Gasteiger partial charge in [-0.15, -0.1) is 0 Å². The summed E-state index contributed by atoms with van der Waals surface area (Å²) in [5, 5.41) is 11.0. The van der Waals surface area contributed by atoms with E-state index in [-0.39, 0.29) is 19.4 Å². The Morgan fingerprint density at radius 2 is 1.70 bits per heavy atom. The number of cyclic esters (lactones) is 1. The molecule has 0 amide bonds. The Labute approximate surface area is 174 Å². The van der Waals surface area contributed by atoms with Gasteiger partial charge in [0.15, 0.2) is 23.0 Å². The van der Waals surface area contributed by atoms with Crippen molar-refractivity contribution in [3.8, 4) is 28.7 Å². The van der Waals surface area contributed by atoms with E-state index in [1.165, 1.54) is 21.3 Å². The molecule has 8 heteroatoms. The van der Waals surface area contributed by atoms with Crippen molar-refractivity contribution in [2.75, 3.05) is 34.7 Å². The quantitative estimate of drug-likeness (QED) is 0.689. The van der Waals surface area contributed by atoms with E-state index in [0.29, 0.717) is 40.7 Å². The fourth-order valence-electron chi connectivity index (χ4n) is 3.97. The molecule has 0 aliphatic carbocycles. The third-order valence-electron chi connectivity index (χ3n) is 5.56. The minimum Gasteiger partial charge on any atom is -0.493 e. The summed E-state index contributed by atoms with van der Waals surface area (Å²) in [4.78, 5) is 12.5. The van der Waals surface area contributed by atoms with Crippen molar-refractivity contribution in [3.63, 3.8) is 0 Å². The topological polar surface area (TPSA) is 92.7 Å². The number of methoxy groups -OCH3 is 3. The number of fused-ring (bicyclic) bond motifs is 1. The van der Waals surface area contributed by atoms with E-state index in [0.717, 1.165) is 5.56 Å². The van der Waals surface area contributed by atoms with Crippen LogP contribution in [0.4, 0.5) is 0 Å². The van der Waals surface area contributed by atoms with Crippen LogP contribution in [0.25, 0.3) is 0 Å². The van der Waals surface area contributed by atoms with Gasteiger partial charge in [0, 0.05) is 5.92 Å². The lowest BCUT2D eigenvalue weighted by Gasteiger charge is -2.22. The summed E-state index contributed by atoms with van der Waals surface area (Å²) in [6.07, 6.45) is -0.528. The summed E-state index contributed by atoms with van der Waals surface area (Å²) in [5.74, 6) is 1.45. The van der Waals surface area contributed by atoms with Crippen molar-refractivity contribution in [2.45, 2.75) is 12.5 Å². The van der Waals surface area contributed by atoms with Crippen LogP contribution in [0.2, 0.25) is 0 Å². The van der Waals surface area contributed by atoms with Crippen LogP contribution in [0.1, 0.15) is 17.2 Å². The number of aliphatic hydroxyl groups is 1. The highest BCUT2D eigenvalue weighted by atomic mass is 16.7. The number of aliphatic hydroxyl groups excluding tert-OH is 1. The van der Waals surface area contributed by atoms with Crippen molar-refractivity contribution >= 4 is 5.97 Å². The van der Waals surface area contributed by atoms with Crippen LogP contribution < -0.4 is 23.7 Å². The first-order chi connectivity index (χ1) is 14.5. The van der Waals surface area contributed by atoms with Crippen LogP contribution in [0.15, 0.2) is 30.3 Å². The average Bonchev–Trinajstić information content (AvgIpc) is 3.38. The molecule has 160 valence electrons. The summed E-state index contributed by atoms with van der Waals surface area (Å²) in [6, 6.07) is 8.88. The monoisotopic (exact) mass is 416 g/mol. The normalized spacial score (nSPS) is 20.6. The third kappa shape index (κ3) is 3.59. The molecule has 1 fully saturated rings. The lowest BCUT2D eigenvalue weighted by atomic mass is 9.83. The lowest BCUT2D eigenvalue weighted by molar-refractivity contribution is -0.141. The van der Waals surface area contributed by atoms with Crippen LogP contribution in [0.5, 0.6) is 28.7 Å². The van der Waals surface area contributed by atoms with Gasteiger partial charge in [-0.2, -0.15) is 0 Å². The summed E-state index contributed by atoms with van der Waals surface area (Å²) in [5.41, 5.74) is 1.47. The molecule has 2 aliphatic rings. The standard InChI is InChI=1S/C22H24O8/c1-25-18-7-12(8-19(26-2)21(18)27-3)6-14-15(10-28-22(14)24)20(23)13-4-5-16-17(9-13)30-11-29-16/h4-5,7-9,14-15,20,23H,6,10-11H2,1-3H3/t14-,15+,20+/m0/s1. The van der Waals surface area contributed by atoms with Gasteiger partial charge in [0.2, 0.25) is 12.5 Å². The van der Waals surface area contributed by atoms with E-state index in [1.54, 1.807) is 30.3 Å². The molecule has 2 aromatic carbocycles. The van der Waals surface area contributed by atoms with Crippen LogP contribution in [0.3, 0.4) is 0 Å². The molecule has 2 aromatic rings. The minimum absolute atomic E-state index is 0.142. The van der Waals surface area contributed by atoms with Gasteiger partial charge < -0.3 is 33.5 Å². The fourth-order valence-corrected chi connectivity index (χ4v) is 3.97. The van der Waals surface area contributed by atoms with Crippen LogP contribution in [-0.2, 0) is 16.0 Å². The SMILES string of the molecule is COc1cc(C[C@@H]2C(=O)OC[C@H]2[C@H](O)c2ccc3c(c2)OCO3)cc(OC)c1OC. The number of benzene rings is 2. The number of carbonyl (C=O) groups excluding carboxylic acids is 1. The Morgan fingerprint density at radius 1 is 1.00 bits per heavy atom. The number of esters is 1. The first-order valence-corrected chi connectivity index (χ1v) is 9.58. The summed E-state index contributed by atoms with van der Waals surface area (Å²) >= 11 is 0. The minimum atomic E-state index is -0.891. The lowest BCUT2D eigenvalue weighted by Crippen LogP contribution is -2.24. The van der Waals surface area contributed by atoms with Gasteiger partial charge in [-0.3, -0.25) is 4.79 Å². The van der Waals surface area contributed by atoms with Crippen LogP contribution in [0, 0.1) is 11.8 Å². The van der Waals surface area contributed by atoms with Crippen molar-refractivity contribution in [1.82, 2.24) is 0 Å². The Hall–Kier alpha value is -3.13. The molecule has 2 heterocycles. The van der Waals surface area contributed by atoms with E-state index in [1.807, 2.05) is 0 Å². The Balaban J connectivity index is 1.59. The largest absolute Gasteiger partial charge is 0.493 e. The molecule has 4 rings (SSSR count). The van der Waals surface area contributed by atoms with Crippen LogP contribution in [-0.4, -0.2) is 45.8 Å². The molecule has 1 N–H and O–H groups in total. The second-order valence-corrected chi connectivity index (χ2v) is 7.20. The molecule has 2 aliphatic heterocycles. The van der Waals surface area contributed by atoms with Crippen LogP contribution >= 0.6 is 0 Å². The van der Waals surface area contributed by atoms with Crippen molar-refractivity contribution in [2.24, 2.45) is 11.8 Å². The third-order valence-corrected chi connectivity index (χ3v) is 5.56. The summed E-state index contributed by atoms with van der Waals surface area (Å²) in [6.45, 7) is 0.299. The second-order valence-electron chi connectivity index (χ2n) is 7.20. The van der Waals surface area contributed by atoms with E-state index in [2.05, 4.69) is 0 Å². The maximum absolute atomic E-state index is 12.5. The molecule has 0 saturated carbocycles. The molecular weight excluding hydrogens is 392 g/mol. The predicted molar refractivity (Wildman–Crippen MR) is 105 cm³/mol. The molecule has 1 saturated heterocycles. The zero-order valence-electron chi connectivity index (χ0n) is 17.0. The second kappa shape index (κ2) is 8.31. The highest BCUT2D eigenvalue weighted by Crippen LogP contribution is 2.42. The number of hydrogen-bond donors (Lipinski definition) is 1. The van der Waals surface area contributed by atoms with E-state index in [9.17, 15) is 9.90 Å². The van der Waals surface area contributed by atoms with E-state index < -0.39 is 17.9 Å². The smallest absolute Gasteiger partial charge is 0.309 e. The molecule has 0 spiro atoms. The number of hydrogen-bond acceptors (Lipinski definition) is 8. The molecule has 0 radical (unpaired) electrons. The molecule has 3 atom stereocenters. The van der Waals surface area contributed by atoms with Gasteiger partial charge in [0.1, 0.15) is 0 Å². The van der Waals surface area contributed by atoms with E-state index >= 15 is 0 Å². The van der Waals surface area contributed by atoms with Gasteiger partial charge in [0.05, 0.1) is 40.0 Å². The molecule has 30 heavy (non-hydrogen) atoms. The molecular formula is C22H24O8. The first kappa shape index (κ1) is 20.2. The van der Waals surface area contributed by atoms with Crippen molar-refractivity contribution in [1.29, 1.82) is 0 Å². The van der Waals surface area contributed by atoms with Gasteiger partial charge in [-0.1, -0.05) is 6.07 Å². The van der Waals surface area contributed by atoms with Gasteiger partial charge in [-0.25, -0.2) is 0 Å². The summed E-state index contributed by atoms with van der Waals surface area (Å²) < 4.78 is 32.2. The van der Waals surface area contributed by atoms with Gasteiger partial charge in [-0.05, 0) is 41.8 Å². The highest BCUT2D eigenvalue weighted by molar-refractivity contribution is 5.75. The molecule has 0 unspecified atom stereocenters. The number of carbonyl (C=O) groups is 1. The maximum Gasteiger partial charge on any atom is 0.309 e. The Bertz CT molecular complexity index is 916. The van der Waals surface area contributed by atoms with Crippen molar-refractivity contribution < 1.29 is 38.3 Å². The summed E-state index contributed by atoms with van der Waals surface area (Å²) in [7, 11) is 4.61. The van der Waals surface area contributed by atoms with E-state index in [4.69, 9.17) is 28.4 Å². The maximum atomic E-state index is 12.5. The highest BCUT2D eigenvalue weighted by Gasteiger charge is 2.42. The Morgan fingerprint density at radius 3 is 2.37 bits per heavy atom. The average molecular weight is 416 g/mol. The zero-order valence-corrected chi connectivity index (χ0v) is 17.0. The van der Waals surface area contributed by atoms with Crippen molar-refractivity contribution in [3.05, 3.63) is 41.5 Å². The first-order valence-electron chi connectivity index (χ1n) is 9.58. The molecule has 0 bridgehead atoms. The molecule has 8 nitrogen and oxygen atoms in total. The molecule has 0 aromatic heterocycles. The zero-order chi connectivity index (χ0) is 21.3. The number of rotatable bonds is 7. The Kier molecular flexibility index (Phi) is 5.59. The fraction of sp³-hybridized carbons (Fsp3) is 0.409. The van der Waals surface area contributed by atoms with Gasteiger partial charge >= 0.3 is 5.97 Å². The van der Waals surface area contributed by atoms with Gasteiger partial charge in [0.25, 0.3) is 0 Å². The number of ether oxygens (including phenoxy) is 6.